The fraction of sp³-hybridized carbons (Fsp3) is 1.00. The third-order valence-electron chi connectivity index (χ3n) is 3.28. The van der Waals surface area contributed by atoms with Gasteiger partial charge in [-0.1, -0.05) is 0 Å². The van der Waals surface area contributed by atoms with E-state index in [1.807, 2.05) is 0 Å². The molecule has 0 amide bonds. The lowest BCUT2D eigenvalue weighted by Gasteiger charge is -2.26. The molecule has 1 aliphatic rings. The molecule has 0 aromatic rings. The fourth-order valence-corrected chi connectivity index (χ4v) is 2.98. The van der Waals surface area contributed by atoms with E-state index in [0.717, 1.165) is 25.7 Å². The largest absolute Gasteiger partial charge is 0.383 e. The summed E-state index contributed by atoms with van der Waals surface area (Å²) in [6.45, 7) is 1.56. The maximum atomic E-state index is 11.5. The Balaban J connectivity index is 2.01. The van der Waals surface area contributed by atoms with Crippen molar-refractivity contribution in [1.82, 2.24) is 9.44 Å². The topological polar surface area (TPSA) is 103 Å². The molecule has 7 nitrogen and oxygen atoms in total. The maximum Gasteiger partial charge on any atom is 0.276 e. The Morgan fingerprint density at radius 3 is 2.40 bits per heavy atom. The van der Waals surface area contributed by atoms with E-state index in [1.165, 1.54) is 7.11 Å². The summed E-state index contributed by atoms with van der Waals surface area (Å²) in [5.41, 5.74) is 5.82. The van der Waals surface area contributed by atoms with Gasteiger partial charge < -0.3 is 15.2 Å². The minimum Gasteiger partial charge on any atom is -0.383 e. The third-order valence-corrected chi connectivity index (χ3v) is 4.45. The molecule has 0 saturated heterocycles. The Labute approximate surface area is 121 Å². The zero-order chi connectivity index (χ0) is 14.8. The van der Waals surface area contributed by atoms with Gasteiger partial charge in [-0.3, -0.25) is 0 Å². The second kappa shape index (κ2) is 9.64. The molecular formula is C12H27N3O4S. The summed E-state index contributed by atoms with van der Waals surface area (Å²) in [5.74, 6) is 0. The van der Waals surface area contributed by atoms with Crippen LogP contribution in [0.1, 0.15) is 32.1 Å². The number of rotatable bonds is 10. The van der Waals surface area contributed by atoms with Crippen molar-refractivity contribution in [2.24, 2.45) is 5.73 Å². The van der Waals surface area contributed by atoms with Crippen LogP contribution in [0.25, 0.3) is 0 Å². The molecule has 1 aliphatic carbocycles. The second-order valence-corrected chi connectivity index (χ2v) is 6.63. The molecule has 0 atom stereocenters. The summed E-state index contributed by atoms with van der Waals surface area (Å²) in [6.07, 6.45) is 4.98. The van der Waals surface area contributed by atoms with Crippen LogP contribution in [-0.4, -0.2) is 54.0 Å². The van der Waals surface area contributed by atoms with E-state index in [9.17, 15) is 8.42 Å². The van der Waals surface area contributed by atoms with E-state index in [-0.39, 0.29) is 12.6 Å². The summed E-state index contributed by atoms with van der Waals surface area (Å²) in [7, 11) is -1.89. The van der Waals surface area contributed by atoms with Crippen molar-refractivity contribution in [2.45, 2.75) is 44.2 Å². The zero-order valence-corrected chi connectivity index (χ0v) is 13.0. The van der Waals surface area contributed by atoms with Crippen LogP contribution in [0, 0.1) is 0 Å². The summed E-state index contributed by atoms with van der Waals surface area (Å²) >= 11 is 0. The zero-order valence-electron chi connectivity index (χ0n) is 12.1. The fourth-order valence-electron chi connectivity index (χ4n) is 2.11. The van der Waals surface area contributed by atoms with Crippen LogP contribution in [0.5, 0.6) is 0 Å². The highest BCUT2D eigenvalue weighted by Gasteiger charge is 2.18. The second-order valence-electron chi connectivity index (χ2n) is 5.05. The summed E-state index contributed by atoms with van der Waals surface area (Å²) < 4.78 is 38.3. The van der Waals surface area contributed by atoms with Gasteiger partial charge in [0.2, 0.25) is 0 Å². The summed E-state index contributed by atoms with van der Waals surface area (Å²) in [4.78, 5) is 0. The van der Waals surface area contributed by atoms with Crippen LogP contribution in [0.3, 0.4) is 0 Å². The molecule has 0 unspecified atom stereocenters. The van der Waals surface area contributed by atoms with Gasteiger partial charge in [-0.2, -0.15) is 13.1 Å². The Morgan fingerprint density at radius 2 is 1.75 bits per heavy atom. The Kier molecular flexibility index (Phi) is 8.58. The molecule has 4 N–H and O–H groups in total. The molecular weight excluding hydrogens is 282 g/mol. The Bertz CT molecular complexity index is 343. The van der Waals surface area contributed by atoms with Crippen molar-refractivity contribution in [3.05, 3.63) is 0 Å². The number of nitrogens with one attached hydrogen (secondary N) is 2. The maximum absolute atomic E-state index is 11.5. The molecule has 1 fully saturated rings. The average molecular weight is 309 g/mol. The number of hydrogen-bond acceptors (Lipinski definition) is 5. The van der Waals surface area contributed by atoms with Gasteiger partial charge in [-0.25, -0.2) is 4.72 Å². The first-order valence-electron chi connectivity index (χ1n) is 7.14. The number of nitrogens with two attached hydrogens (primary N) is 1. The van der Waals surface area contributed by atoms with Crippen LogP contribution in [0.15, 0.2) is 0 Å². The smallest absolute Gasteiger partial charge is 0.276 e. The summed E-state index contributed by atoms with van der Waals surface area (Å²) in [6, 6.07) is 0.319. The first-order valence-corrected chi connectivity index (χ1v) is 8.62. The van der Waals surface area contributed by atoms with Crippen molar-refractivity contribution < 1.29 is 17.9 Å². The van der Waals surface area contributed by atoms with Crippen LogP contribution >= 0.6 is 0 Å². The van der Waals surface area contributed by atoms with Gasteiger partial charge in [0.05, 0.1) is 12.7 Å². The predicted octanol–water partition coefficient (Wildman–Crippen LogP) is -0.267. The van der Waals surface area contributed by atoms with E-state index >= 15 is 0 Å². The van der Waals surface area contributed by atoms with Gasteiger partial charge in [0.25, 0.3) is 10.2 Å². The van der Waals surface area contributed by atoms with Crippen LogP contribution < -0.4 is 15.2 Å². The first-order chi connectivity index (χ1) is 9.53. The molecule has 0 aromatic carbocycles. The van der Waals surface area contributed by atoms with Gasteiger partial charge in [0, 0.05) is 32.8 Å². The van der Waals surface area contributed by atoms with Crippen molar-refractivity contribution in [3.63, 3.8) is 0 Å². The molecule has 0 spiro atoms. The van der Waals surface area contributed by atoms with Gasteiger partial charge in [-0.15, -0.1) is 0 Å². The highest BCUT2D eigenvalue weighted by Crippen LogP contribution is 2.19. The van der Waals surface area contributed by atoms with Crippen molar-refractivity contribution in [3.8, 4) is 0 Å². The summed E-state index contributed by atoms with van der Waals surface area (Å²) in [5, 5.41) is 0. The highest BCUT2D eigenvalue weighted by atomic mass is 32.2. The first kappa shape index (κ1) is 17.8. The number of hydrogen-bond donors (Lipinski definition) is 3. The van der Waals surface area contributed by atoms with Crippen molar-refractivity contribution >= 4 is 10.2 Å². The predicted molar refractivity (Wildman–Crippen MR) is 77.6 cm³/mol. The number of ether oxygens (including phenoxy) is 2. The SMILES string of the molecule is COCCNS(=O)(=O)NCCCOC1CCC(N)CC1. The molecule has 0 radical (unpaired) electrons. The Hall–Kier alpha value is -0.250. The van der Waals surface area contributed by atoms with Crippen molar-refractivity contribution in [2.75, 3.05) is 33.4 Å². The van der Waals surface area contributed by atoms with Gasteiger partial charge in [-0.05, 0) is 32.1 Å². The lowest BCUT2D eigenvalue weighted by atomic mass is 9.94. The molecule has 120 valence electrons. The normalized spacial score (nSPS) is 23.9. The third kappa shape index (κ3) is 8.13. The Morgan fingerprint density at radius 1 is 1.10 bits per heavy atom. The van der Waals surface area contributed by atoms with Gasteiger partial charge in [0.1, 0.15) is 0 Å². The standard InChI is InChI=1S/C12H27N3O4S/c1-18-10-8-15-20(16,17)14-7-2-9-19-12-5-3-11(13)4-6-12/h11-12,14-15H,2-10,13H2,1H3. The monoisotopic (exact) mass is 309 g/mol. The molecule has 8 heteroatoms. The van der Waals surface area contributed by atoms with Crippen LogP contribution in [0.4, 0.5) is 0 Å². The lowest BCUT2D eigenvalue weighted by Crippen LogP contribution is -2.39. The van der Waals surface area contributed by atoms with Gasteiger partial charge >= 0.3 is 0 Å². The molecule has 0 aliphatic heterocycles. The van der Waals surface area contributed by atoms with Crippen LogP contribution in [0.2, 0.25) is 0 Å². The highest BCUT2D eigenvalue weighted by molar-refractivity contribution is 7.87. The molecule has 0 bridgehead atoms. The van der Waals surface area contributed by atoms with E-state index in [1.54, 1.807) is 0 Å². The van der Waals surface area contributed by atoms with Gasteiger partial charge in [0.15, 0.2) is 0 Å². The minimum absolute atomic E-state index is 0.269. The molecule has 0 aromatic heterocycles. The quantitative estimate of drug-likeness (QED) is 0.482. The molecule has 20 heavy (non-hydrogen) atoms. The molecule has 0 heterocycles. The van der Waals surface area contributed by atoms with E-state index in [4.69, 9.17) is 15.2 Å². The van der Waals surface area contributed by atoms with Crippen molar-refractivity contribution in [1.29, 1.82) is 0 Å². The average Bonchev–Trinajstić information content (AvgIpc) is 2.40. The number of methoxy groups -OCH3 is 1. The molecule has 1 saturated carbocycles. The van der Waals surface area contributed by atoms with E-state index < -0.39 is 10.2 Å². The molecule has 1 rings (SSSR count). The minimum atomic E-state index is -3.42. The van der Waals surface area contributed by atoms with Crippen LogP contribution in [-0.2, 0) is 19.7 Å². The van der Waals surface area contributed by atoms with E-state index in [2.05, 4.69) is 9.44 Å². The lowest BCUT2D eigenvalue weighted by molar-refractivity contribution is 0.0245. The van der Waals surface area contributed by atoms with E-state index in [0.29, 0.717) is 32.2 Å².